The lowest BCUT2D eigenvalue weighted by molar-refractivity contribution is 0.255. The number of rotatable bonds is 4. The summed E-state index contributed by atoms with van der Waals surface area (Å²) in [6, 6.07) is 4.52. The lowest BCUT2D eigenvalue weighted by atomic mass is 10.1. The van der Waals surface area contributed by atoms with Crippen molar-refractivity contribution < 1.29 is 0 Å². The van der Waals surface area contributed by atoms with Crippen molar-refractivity contribution in [3.8, 4) is 0 Å². The second-order valence-corrected chi connectivity index (χ2v) is 6.61. The van der Waals surface area contributed by atoms with Crippen molar-refractivity contribution in [2.75, 3.05) is 44.2 Å². The van der Waals surface area contributed by atoms with Crippen molar-refractivity contribution in [1.29, 1.82) is 0 Å². The Morgan fingerprint density at radius 2 is 2.05 bits per heavy atom. The molecule has 0 spiro atoms. The maximum atomic E-state index is 5.75. The number of nitrogens with zero attached hydrogens (tertiary/aromatic N) is 3. The summed E-state index contributed by atoms with van der Waals surface area (Å²) in [4.78, 5) is 9.93. The highest BCUT2D eigenvalue weighted by Gasteiger charge is 2.19. The van der Waals surface area contributed by atoms with E-state index in [0.29, 0.717) is 5.92 Å². The van der Waals surface area contributed by atoms with Crippen LogP contribution in [0.15, 0.2) is 12.1 Å². The Hall–Kier alpha value is -1.13. The van der Waals surface area contributed by atoms with E-state index >= 15 is 0 Å². The van der Waals surface area contributed by atoms with E-state index in [-0.39, 0.29) is 0 Å². The molecule has 1 fully saturated rings. The molecule has 116 valence electrons. The summed E-state index contributed by atoms with van der Waals surface area (Å²) in [5.74, 6) is 1.78. The third kappa shape index (κ3) is 3.55. The molecule has 4 heteroatoms. The summed E-state index contributed by atoms with van der Waals surface area (Å²) in [5.41, 5.74) is 8.55. The number of aromatic nitrogens is 1. The van der Waals surface area contributed by atoms with Gasteiger partial charge in [0.05, 0.1) is 0 Å². The molecule has 2 aliphatic rings. The van der Waals surface area contributed by atoms with Crippen LogP contribution < -0.4 is 10.6 Å². The van der Waals surface area contributed by atoms with Gasteiger partial charge < -0.3 is 15.5 Å². The van der Waals surface area contributed by atoms with Crippen molar-refractivity contribution in [2.24, 2.45) is 11.7 Å². The Labute approximate surface area is 128 Å². The minimum absolute atomic E-state index is 0.592. The first-order chi connectivity index (χ1) is 10.3. The van der Waals surface area contributed by atoms with Gasteiger partial charge in [0.25, 0.3) is 0 Å². The van der Waals surface area contributed by atoms with E-state index in [1.54, 1.807) is 0 Å². The second kappa shape index (κ2) is 6.75. The van der Waals surface area contributed by atoms with Crippen molar-refractivity contribution in [2.45, 2.75) is 32.6 Å². The lowest BCUT2D eigenvalue weighted by Crippen LogP contribution is -2.35. The number of fused-ring (bicyclic) bond motifs is 1. The fourth-order valence-electron chi connectivity index (χ4n) is 3.48. The molecule has 1 aliphatic heterocycles. The fourth-order valence-corrected chi connectivity index (χ4v) is 3.48. The molecule has 21 heavy (non-hydrogen) atoms. The van der Waals surface area contributed by atoms with Gasteiger partial charge in [-0.05, 0) is 56.3 Å². The average Bonchev–Trinajstić information content (AvgIpc) is 2.85. The third-order valence-electron chi connectivity index (χ3n) is 4.80. The van der Waals surface area contributed by atoms with Gasteiger partial charge in [0.15, 0.2) is 0 Å². The Bertz CT molecular complexity index is 474. The summed E-state index contributed by atoms with van der Waals surface area (Å²) >= 11 is 0. The molecule has 1 unspecified atom stereocenters. The zero-order valence-electron chi connectivity index (χ0n) is 13.2. The molecular weight excluding hydrogens is 260 g/mol. The van der Waals surface area contributed by atoms with Crippen LogP contribution in [0.1, 0.15) is 31.0 Å². The molecule has 1 aliphatic carbocycles. The molecule has 1 aromatic rings. The number of nitrogens with two attached hydrogens (primary N) is 1. The van der Waals surface area contributed by atoms with Crippen molar-refractivity contribution in [1.82, 2.24) is 9.88 Å². The summed E-state index contributed by atoms with van der Waals surface area (Å²) in [6.45, 7) is 8.68. The van der Waals surface area contributed by atoms with Crippen LogP contribution in [0.4, 0.5) is 5.82 Å². The van der Waals surface area contributed by atoms with Gasteiger partial charge in [-0.25, -0.2) is 4.98 Å². The first kappa shape index (κ1) is 14.8. The molecule has 1 aromatic heterocycles. The first-order valence-corrected chi connectivity index (χ1v) is 8.42. The lowest BCUT2D eigenvalue weighted by Gasteiger charge is -2.24. The third-order valence-corrected chi connectivity index (χ3v) is 4.80. The molecule has 4 nitrogen and oxygen atoms in total. The van der Waals surface area contributed by atoms with Crippen LogP contribution in [0.2, 0.25) is 0 Å². The van der Waals surface area contributed by atoms with E-state index in [9.17, 15) is 0 Å². The predicted octanol–water partition coefficient (Wildman–Crippen LogP) is 1.68. The van der Waals surface area contributed by atoms with Gasteiger partial charge in [-0.15, -0.1) is 0 Å². The number of anilines is 1. The summed E-state index contributed by atoms with van der Waals surface area (Å²) in [6.07, 6.45) is 4.87. The van der Waals surface area contributed by atoms with Crippen LogP contribution in [0.5, 0.6) is 0 Å². The minimum Gasteiger partial charge on any atom is -0.355 e. The van der Waals surface area contributed by atoms with Crippen LogP contribution in [0, 0.1) is 5.92 Å². The molecule has 1 saturated heterocycles. The number of aryl methyl sites for hydroxylation is 2. The van der Waals surface area contributed by atoms with Gasteiger partial charge in [-0.2, -0.15) is 0 Å². The molecule has 1 atom stereocenters. The van der Waals surface area contributed by atoms with E-state index in [0.717, 1.165) is 39.1 Å². The normalized spacial score (nSPS) is 21.1. The highest BCUT2D eigenvalue weighted by Crippen LogP contribution is 2.24. The Balaban J connectivity index is 1.62. The summed E-state index contributed by atoms with van der Waals surface area (Å²) in [5, 5.41) is 0. The van der Waals surface area contributed by atoms with E-state index in [4.69, 9.17) is 10.7 Å². The second-order valence-electron chi connectivity index (χ2n) is 6.61. The van der Waals surface area contributed by atoms with Gasteiger partial charge in [0.1, 0.15) is 5.82 Å². The molecule has 2 heterocycles. The van der Waals surface area contributed by atoms with Crippen molar-refractivity contribution in [3.05, 3.63) is 23.4 Å². The van der Waals surface area contributed by atoms with Crippen LogP contribution in [-0.4, -0.2) is 49.2 Å². The standard InChI is InChI=1S/C17H28N4/c1-14(12-18)13-20-8-3-9-21(11-10-20)17-7-6-15-4-2-5-16(15)19-17/h6-7,14H,2-5,8-13,18H2,1H3. The molecule has 2 N–H and O–H groups in total. The minimum atomic E-state index is 0.592. The maximum absolute atomic E-state index is 5.75. The highest BCUT2D eigenvalue weighted by atomic mass is 15.2. The monoisotopic (exact) mass is 288 g/mol. The quantitative estimate of drug-likeness (QED) is 0.915. The van der Waals surface area contributed by atoms with Gasteiger partial charge in [-0.3, -0.25) is 0 Å². The molecule has 0 amide bonds. The molecular formula is C17H28N4. The van der Waals surface area contributed by atoms with Crippen LogP contribution in [0.25, 0.3) is 0 Å². The van der Waals surface area contributed by atoms with Crippen LogP contribution in [0.3, 0.4) is 0 Å². The molecule has 0 saturated carbocycles. The van der Waals surface area contributed by atoms with Crippen LogP contribution in [-0.2, 0) is 12.8 Å². The van der Waals surface area contributed by atoms with E-state index in [2.05, 4.69) is 28.9 Å². The SMILES string of the molecule is CC(CN)CN1CCCN(c2ccc3c(n2)CCC3)CC1. The molecule has 0 bridgehead atoms. The molecule has 0 radical (unpaired) electrons. The van der Waals surface area contributed by atoms with E-state index in [1.807, 2.05) is 0 Å². The molecule has 0 aromatic carbocycles. The van der Waals surface area contributed by atoms with Crippen molar-refractivity contribution in [3.63, 3.8) is 0 Å². The maximum Gasteiger partial charge on any atom is 0.128 e. The van der Waals surface area contributed by atoms with Gasteiger partial charge >= 0.3 is 0 Å². The smallest absolute Gasteiger partial charge is 0.128 e. The van der Waals surface area contributed by atoms with E-state index < -0.39 is 0 Å². The van der Waals surface area contributed by atoms with Crippen LogP contribution >= 0.6 is 0 Å². The predicted molar refractivity (Wildman–Crippen MR) is 87.8 cm³/mol. The van der Waals surface area contributed by atoms with Crippen molar-refractivity contribution >= 4 is 5.82 Å². The largest absolute Gasteiger partial charge is 0.355 e. The molecule has 3 rings (SSSR count). The Morgan fingerprint density at radius 3 is 2.90 bits per heavy atom. The summed E-state index contributed by atoms with van der Waals surface area (Å²) in [7, 11) is 0. The first-order valence-electron chi connectivity index (χ1n) is 8.42. The van der Waals surface area contributed by atoms with E-state index in [1.165, 1.54) is 42.9 Å². The number of pyridine rings is 1. The zero-order valence-corrected chi connectivity index (χ0v) is 13.2. The fraction of sp³-hybridized carbons (Fsp3) is 0.706. The summed E-state index contributed by atoms with van der Waals surface area (Å²) < 4.78 is 0. The Kier molecular flexibility index (Phi) is 4.76. The van der Waals surface area contributed by atoms with Gasteiger partial charge in [0.2, 0.25) is 0 Å². The topological polar surface area (TPSA) is 45.4 Å². The highest BCUT2D eigenvalue weighted by molar-refractivity contribution is 5.43. The van der Waals surface area contributed by atoms with Gasteiger partial charge in [0, 0.05) is 31.9 Å². The Morgan fingerprint density at radius 1 is 1.14 bits per heavy atom. The van der Waals surface area contributed by atoms with Gasteiger partial charge in [-0.1, -0.05) is 13.0 Å². The average molecular weight is 288 g/mol. The number of hydrogen-bond donors (Lipinski definition) is 1. The number of hydrogen-bond acceptors (Lipinski definition) is 4. The zero-order chi connectivity index (χ0) is 14.7.